The Morgan fingerprint density at radius 2 is 1.94 bits per heavy atom. The molecule has 1 unspecified atom stereocenters. The summed E-state index contributed by atoms with van der Waals surface area (Å²) in [5, 5.41) is 6.03. The van der Waals surface area contributed by atoms with Crippen molar-refractivity contribution in [3.05, 3.63) is 77.1 Å². The van der Waals surface area contributed by atoms with E-state index in [0.717, 1.165) is 17.0 Å². The summed E-state index contributed by atoms with van der Waals surface area (Å²) in [5.41, 5.74) is 4.65. The second-order valence-corrected chi connectivity index (χ2v) is 7.96. The number of rotatable bonds is 5. The Morgan fingerprint density at radius 3 is 2.61 bits per heavy atom. The van der Waals surface area contributed by atoms with E-state index >= 15 is 0 Å². The summed E-state index contributed by atoms with van der Waals surface area (Å²) >= 11 is 0. The zero-order chi connectivity index (χ0) is 23.8. The van der Waals surface area contributed by atoms with Crippen LogP contribution >= 0.6 is 0 Å². The summed E-state index contributed by atoms with van der Waals surface area (Å²) in [6.07, 6.45) is -2.50. The molecule has 2 heterocycles. The summed E-state index contributed by atoms with van der Waals surface area (Å²) in [7, 11) is 0. The number of anilines is 2. The Balaban J connectivity index is 1.50. The second kappa shape index (κ2) is 8.65. The first-order chi connectivity index (χ1) is 15.6. The van der Waals surface area contributed by atoms with Crippen molar-refractivity contribution < 1.29 is 27.5 Å². The molecular weight excluding hydrogens is 435 g/mol. The fourth-order valence-corrected chi connectivity index (χ4v) is 3.98. The molecule has 9 heteroatoms. The van der Waals surface area contributed by atoms with Crippen molar-refractivity contribution in [1.82, 2.24) is 5.32 Å². The lowest BCUT2D eigenvalue weighted by Gasteiger charge is -2.26. The van der Waals surface area contributed by atoms with Crippen molar-refractivity contribution in [1.29, 1.82) is 0 Å². The number of halogens is 3. The van der Waals surface area contributed by atoms with Crippen LogP contribution in [0.5, 0.6) is 5.75 Å². The molecule has 2 aromatic carbocycles. The third kappa shape index (κ3) is 5.19. The molecule has 2 aliphatic heterocycles. The van der Waals surface area contributed by atoms with Crippen LogP contribution in [0.2, 0.25) is 0 Å². The number of carbonyl (C=O) groups is 2. The maximum absolute atomic E-state index is 13.0. The lowest BCUT2D eigenvalue weighted by atomic mass is 9.90. The molecule has 0 bridgehead atoms. The standard InChI is InChI=1S/C24H22F3N3O3/c1-14-20-12-30(18-5-3-4-17(11-18)28-15(2)31)13-22(20)29-21(23(14)32)10-16-6-8-19(9-7-16)33-24(25,26)27/h3-9,11,13,21,29H,10,12H2,1-2H3,(H,28,31). The maximum Gasteiger partial charge on any atom is 0.573 e. The number of hydrogen-bond acceptors (Lipinski definition) is 5. The van der Waals surface area contributed by atoms with E-state index in [0.29, 0.717) is 29.8 Å². The highest BCUT2D eigenvalue weighted by Gasteiger charge is 2.34. The van der Waals surface area contributed by atoms with Gasteiger partial charge in [0.1, 0.15) is 5.75 Å². The largest absolute Gasteiger partial charge is 0.573 e. The van der Waals surface area contributed by atoms with Gasteiger partial charge in [0.05, 0.1) is 18.3 Å². The van der Waals surface area contributed by atoms with Crippen LogP contribution in [0.1, 0.15) is 19.4 Å². The quantitative estimate of drug-likeness (QED) is 0.701. The number of ketones is 1. The van der Waals surface area contributed by atoms with E-state index in [2.05, 4.69) is 15.4 Å². The number of amides is 1. The zero-order valence-corrected chi connectivity index (χ0v) is 18.0. The summed E-state index contributed by atoms with van der Waals surface area (Å²) in [6.45, 7) is 3.75. The van der Waals surface area contributed by atoms with Gasteiger partial charge in [-0.3, -0.25) is 9.59 Å². The van der Waals surface area contributed by atoms with Crippen molar-refractivity contribution in [3.63, 3.8) is 0 Å². The van der Waals surface area contributed by atoms with Crippen LogP contribution < -0.4 is 20.3 Å². The number of alkyl halides is 3. The van der Waals surface area contributed by atoms with Gasteiger partial charge in [-0.25, -0.2) is 0 Å². The number of Topliss-reactive ketones (excluding diaryl/α,β-unsaturated/α-hetero) is 1. The normalized spacial score (nSPS) is 18.0. The van der Waals surface area contributed by atoms with Gasteiger partial charge < -0.3 is 20.3 Å². The Labute approximate surface area is 188 Å². The average molecular weight is 457 g/mol. The van der Waals surface area contributed by atoms with Crippen molar-refractivity contribution >= 4 is 23.1 Å². The van der Waals surface area contributed by atoms with E-state index < -0.39 is 12.4 Å². The Morgan fingerprint density at radius 1 is 1.21 bits per heavy atom. The molecule has 0 saturated carbocycles. The molecule has 0 fully saturated rings. The highest BCUT2D eigenvalue weighted by Crippen LogP contribution is 2.33. The van der Waals surface area contributed by atoms with Gasteiger partial charge in [-0.1, -0.05) is 18.2 Å². The minimum Gasteiger partial charge on any atom is -0.406 e. The third-order valence-electron chi connectivity index (χ3n) is 5.50. The van der Waals surface area contributed by atoms with Crippen LogP contribution in [0, 0.1) is 0 Å². The number of benzene rings is 2. The highest BCUT2D eigenvalue weighted by molar-refractivity contribution is 6.02. The maximum atomic E-state index is 13.0. The summed E-state index contributed by atoms with van der Waals surface area (Å²) in [5.74, 6) is -0.512. The van der Waals surface area contributed by atoms with Gasteiger partial charge in [0.2, 0.25) is 5.91 Å². The SMILES string of the molecule is CC(=O)Nc1cccc(N2C=C3NC(Cc4ccc(OC(F)(F)F)cc4)C(=O)C(C)=C3C2)c1. The smallest absolute Gasteiger partial charge is 0.406 e. The van der Waals surface area contributed by atoms with Crippen LogP contribution in [-0.4, -0.2) is 30.6 Å². The van der Waals surface area contributed by atoms with Crippen molar-refractivity contribution in [3.8, 4) is 5.75 Å². The molecule has 0 aliphatic carbocycles. The summed E-state index contributed by atoms with van der Waals surface area (Å²) in [6, 6.07) is 12.4. The lowest BCUT2D eigenvalue weighted by molar-refractivity contribution is -0.274. The predicted molar refractivity (Wildman–Crippen MR) is 118 cm³/mol. The van der Waals surface area contributed by atoms with Gasteiger partial charge in [0, 0.05) is 42.1 Å². The Bertz CT molecular complexity index is 1150. The molecule has 1 atom stereocenters. The van der Waals surface area contributed by atoms with Crippen molar-refractivity contribution in [2.75, 3.05) is 16.8 Å². The Kier molecular flexibility index (Phi) is 5.88. The van der Waals surface area contributed by atoms with Crippen LogP contribution in [0.15, 0.2) is 71.6 Å². The third-order valence-corrected chi connectivity index (χ3v) is 5.50. The molecule has 0 saturated heterocycles. The van der Waals surface area contributed by atoms with Gasteiger partial charge in [-0.15, -0.1) is 13.2 Å². The van der Waals surface area contributed by atoms with Gasteiger partial charge >= 0.3 is 6.36 Å². The van der Waals surface area contributed by atoms with Crippen molar-refractivity contribution in [2.24, 2.45) is 0 Å². The fraction of sp³-hybridized carbons (Fsp3) is 0.250. The number of hydrogen-bond donors (Lipinski definition) is 2. The van der Waals surface area contributed by atoms with E-state index in [9.17, 15) is 22.8 Å². The second-order valence-electron chi connectivity index (χ2n) is 7.96. The zero-order valence-electron chi connectivity index (χ0n) is 18.0. The van der Waals surface area contributed by atoms with Gasteiger partial charge in [-0.05, 0) is 42.8 Å². The number of fused-ring (bicyclic) bond motifs is 1. The fourth-order valence-electron chi connectivity index (χ4n) is 3.98. The van der Waals surface area contributed by atoms with Gasteiger partial charge in [-0.2, -0.15) is 0 Å². The molecule has 0 aromatic heterocycles. The van der Waals surface area contributed by atoms with E-state index in [1.807, 2.05) is 29.3 Å². The Hall–Kier alpha value is -3.75. The molecule has 2 aromatic rings. The summed E-state index contributed by atoms with van der Waals surface area (Å²) in [4.78, 5) is 26.3. The molecule has 1 amide bonds. The number of carbonyl (C=O) groups excluding carboxylic acids is 2. The van der Waals surface area contributed by atoms with Gasteiger partial charge in [0.15, 0.2) is 5.78 Å². The van der Waals surface area contributed by atoms with E-state index in [1.165, 1.54) is 31.2 Å². The first-order valence-corrected chi connectivity index (χ1v) is 10.3. The van der Waals surface area contributed by atoms with E-state index in [-0.39, 0.29) is 17.4 Å². The molecular formula is C24H22F3N3O3. The molecule has 2 N–H and O–H groups in total. The number of nitrogens with one attached hydrogen (secondary N) is 2. The summed E-state index contributed by atoms with van der Waals surface area (Å²) < 4.78 is 41.0. The number of ether oxygens (including phenoxy) is 1. The molecule has 0 spiro atoms. The van der Waals surface area contributed by atoms with Crippen LogP contribution in [0.25, 0.3) is 0 Å². The molecule has 33 heavy (non-hydrogen) atoms. The molecule has 2 aliphatic rings. The monoisotopic (exact) mass is 457 g/mol. The predicted octanol–water partition coefficient (Wildman–Crippen LogP) is 4.31. The van der Waals surface area contributed by atoms with E-state index in [1.54, 1.807) is 13.0 Å². The average Bonchev–Trinajstić information content (AvgIpc) is 3.16. The first kappa shape index (κ1) is 22.4. The molecule has 6 nitrogen and oxygen atoms in total. The van der Waals surface area contributed by atoms with Crippen LogP contribution in [0.4, 0.5) is 24.5 Å². The highest BCUT2D eigenvalue weighted by atomic mass is 19.4. The number of nitrogens with zero attached hydrogens (tertiary/aromatic N) is 1. The topological polar surface area (TPSA) is 70.7 Å². The molecule has 0 radical (unpaired) electrons. The minimum atomic E-state index is -4.75. The van der Waals surface area contributed by atoms with Crippen LogP contribution in [-0.2, 0) is 16.0 Å². The van der Waals surface area contributed by atoms with Crippen molar-refractivity contribution in [2.45, 2.75) is 32.7 Å². The first-order valence-electron chi connectivity index (χ1n) is 10.3. The minimum absolute atomic E-state index is 0.0494. The van der Waals surface area contributed by atoms with Crippen LogP contribution in [0.3, 0.4) is 0 Å². The lowest BCUT2D eigenvalue weighted by Crippen LogP contribution is -2.42. The molecule has 172 valence electrons. The van der Waals surface area contributed by atoms with E-state index in [4.69, 9.17) is 0 Å². The molecule has 4 rings (SSSR count). The van der Waals surface area contributed by atoms with Gasteiger partial charge in [0.25, 0.3) is 0 Å².